The van der Waals surface area contributed by atoms with Crippen LogP contribution in [0.2, 0.25) is 0 Å². The van der Waals surface area contributed by atoms with Crippen LogP contribution < -0.4 is 21.2 Å². The molecule has 1 amide bonds. The number of carbonyl (C=O) groups excluding carboxylic acids is 1. The van der Waals surface area contributed by atoms with Gasteiger partial charge in [-0.15, -0.1) is 0 Å². The Kier molecular flexibility index (Phi) is 6.39. The van der Waals surface area contributed by atoms with Crippen LogP contribution in [0.25, 0.3) is 0 Å². The highest BCUT2D eigenvalue weighted by Gasteiger charge is 2.27. The average molecular weight is 403 g/mol. The van der Waals surface area contributed by atoms with Crippen LogP contribution >= 0.6 is 7.92 Å². The van der Waals surface area contributed by atoms with Crippen LogP contribution in [0.15, 0.2) is 84.9 Å². The molecule has 0 saturated heterocycles. The van der Waals surface area contributed by atoms with Gasteiger partial charge >= 0.3 is 0 Å². The molecular formula is C25H26NO2P. The molecule has 0 heterocycles. The second-order valence-electron chi connectivity index (χ2n) is 7.46. The van der Waals surface area contributed by atoms with Crippen molar-refractivity contribution < 1.29 is 9.90 Å². The van der Waals surface area contributed by atoms with E-state index in [2.05, 4.69) is 59.9 Å². The first-order chi connectivity index (χ1) is 14.2. The lowest BCUT2D eigenvalue weighted by Crippen LogP contribution is -2.46. The Morgan fingerprint density at radius 3 is 1.97 bits per heavy atom. The van der Waals surface area contributed by atoms with Crippen molar-refractivity contribution in [2.24, 2.45) is 0 Å². The van der Waals surface area contributed by atoms with E-state index < -0.39 is 14.0 Å². The van der Waals surface area contributed by atoms with Crippen molar-refractivity contribution in [3.8, 4) is 0 Å². The monoisotopic (exact) mass is 403 g/mol. The van der Waals surface area contributed by atoms with Crippen LogP contribution in [0.1, 0.15) is 36.0 Å². The minimum atomic E-state index is -0.857. The number of carbonyl (C=O) groups is 1. The number of aliphatic hydroxyl groups excluding tert-OH is 1. The molecule has 2 N–H and O–H groups in total. The zero-order valence-electron chi connectivity index (χ0n) is 16.4. The fourth-order valence-corrected chi connectivity index (χ4v) is 6.41. The molecule has 4 heteroatoms. The highest BCUT2D eigenvalue weighted by Crippen LogP contribution is 2.34. The zero-order valence-corrected chi connectivity index (χ0v) is 17.3. The quantitative estimate of drug-likeness (QED) is 0.641. The van der Waals surface area contributed by atoms with E-state index in [4.69, 9.17) is 0 Å². The highest BCUT2D eigenvalue weighted by atomic mass is 31.1. The van der Waals surface area contributed by atoms with Crippen LogP contribution in [-0.2, 0) is 0 Å². The standard InChI is InChI=1S/C25H26NO2P/c27-23-17-9-8-16-22(23)26-25(28)21-15-7-10-18-24(21)29(19-11-3-1-4-12-19)20-13-5-2-6-14-20/h1-7,10-15,18,22-23,27H,8-9,16-17H2,(H,26,28)/t22-,23-/m1/s1. The number of hydrogen-bond donors (Lipinski definition) is 2. The fourth-order valence-electron chi connectivity index (χ4n) is 3.97. The molecule has 2 atom stereocenters. The molecule has 3 aromatic rings. The van der Waals surface area contributed by atoms with E-state index in [-0.39, 0.29) is 11.9 Å². The van der Waals surface area contributed by atoms with E-state index in [1.807, 2.05) is 30.3 Å². The largest absolute Gasteiger partial charge is 0.391 e. The summed E-state index contributed by atoms with van der Waals surface area (Å²) >= 11 is 0. The number of nitrogens with one attached hydrogen (secondary N) is 1. The van der Waals surface area contributed by atoms with E-state index in [0.29, 0.717) is 5.56 Å². The van der Waals surface area contributed by atoms with Crippen LogP contribution in [0.4, 0.5) is 0 Å². The summed E-state index contributed by atoms with van der Waals surface area (Å²) in [5.41, 5.74) is 0.698. The van der Waals surface area contributed by atoms with E-state index in [1.54, 1.807) is 0 Å². The molecule has 0 radical (unpaired) electrons. The maximum absolute atomic E-state index is 13.2. The predicted octanol–water partition coefficient (Wildman–Crippen LogP) is 3.48. The van der Waals surface area contributed by atoms with Gasteiger partial charge in [0, 0.05) is 5.56 Å². The third-order valence-corrected chi connectivity index (χ3v) is 7.97. The van der Waals surface area contributed by atoms with Gasteiger partial charge in [-0.3, -0.25) is 4.79 Å². The van der Waals surface area contributed by atoms with Crippen molar-refractivity contribution in [2.75, 3.05) is 0 Å². The molecule has 0 aromatic heterocycles. The number of amides is 1. The lowest BCUT2D eigenvalue weighted by molar-refractivity contribution is 0.0718. The lowest BCUT2D eigenvalue weighted by Gasteiger charge is -2.29. The lowest BCUT2D eigenvalue weighted by atomic mass is 9.92. The summed E-state index contributed by atoms with van der Waals surface area (Å²) in [6.07, 6.45) is 3.21. The van der Waals surface area contributed by atoms with Gasteiger partial charge in [0.15, 0.2) is 0 Å². The molecule has 148 valence electrons. The van der Waals surface area contributed by atoms with Crippen molar-refractivity contribution in [3.63, 3.8) is 0 Å². The molecule has 1 aliphatic carbocycles. The van der Waals surface area contributed by atoms with Crippen LogP contribution in [-0.4, -0.2) is 23.2 Å². The first-order valence-electron chi connectivity index (χ1n) is 10.2. The van der Waals surface area contributed by atoms with E-state index in [0.717, 1.165) is 31.0 Å². The molecular weight excluding hydrogens is 377 g/mol. The average Bonchev–Trinajstić information content (AvgIpc) is 2.77. The van der Waals surface area contributed by atoms with Gasteiger partial charge in [0.25, 0.3) is 5.91 Å². The van der Waals surface area contributed by atoms with Crippen LogP contribution in [0.3, 0.4) is 0 Å². The summed E-state index contributed by atoms with van der Waals surface area (Å²) in [4.78, 5) is 13.2. The summed E-state index contributed by atoms with van der Waals surface area (Å²) in [5.74, 6) is -0.0917. The van der Waals surface area contributed by atoms with Crippen molar-refractivity contribution in [1.82, 2.24) is 5.32 Å². The molecule has 1 fully saturated rings. The third kappa shape index (κ3) is 4.58. The Hall–Kier alpha value is -2.48. The summed E-state index contributed by atoms with van der Waals surface area (Å²) in [6, 6.07) is 28.5. The van der Waals surface area contributed by atoms with Gasteiger partial charge in [-0.25, -0.2) is 0 Å². The van der Waals surface area contributed by atoms with Crippen molar-refractivity contribution in [3.05, 3.63) is 90.5 Å². The minimum Gasteiger partial charge on any atom is -0.391 e. The molecule has 0 spiro atoms. The highest BCUT2D eigenvalue weighted by molar-refractivity contribution is 7.80. The molecule has 0 aliphatic heterocycles. The van der Waals surface area contributed by atoms with Crippen molar-refractivity contribution >= 4 is 29.7 Å². The Morgan fingerprint density at radius 1 is 0.793 bits per heavy atom. The van der Waals surface area contributed by atoms with E-state index in [9.17, 15) is 9.90 Å². The minimum absolute atomic E-state index is 0.0917. The molecule has 0 bridgehead atoms. The summed E-state index contributed by atoms with van der Waals surface area (Å²) in [5, 5.41) is 16.9. The second-order valence-corrected chi connectivity index (χ2v) is 9.64. The van der Waals surface area contributed by atoms with Gasteiger partial charge in [0.1, 0.15) is 0 Å². The fraction of sp³-hybridized carbons (Fsp3) is 0.240. The number of rotatable bonds is 5. The number of benzene rings is 3. The van der Waals surface area contributed by atoms with Crippen LogP contribution in [0, 0.1) is 0 Å². The normalized spacial score (nSPS) is 19.1. The van der Waals surface area contributed by atoms with Gasteiger partial charge in [0.2, 0.25) is 0 Å². The van der Waals surface area contributed by atoms with Crippen molar-refractivity contribution in [1.29, 1.82) is 0 Å². The number of hydrogen-bond acceptors (Lipinski definition) is 2. The molecule has 3 aromatic carbocycles. The maximum atomic E-state index is 13.2. The van der Waals surface area contributed by atoms with Gasteiger partial charge in [0.05, 0.1) is 12.1 Å². The zero-order chi connectivity index (χ0) is 20.1. The molecule has 29 heavy (non-hydrogen) atoms. The predicted molar refractivity (Wildman–Crippen MR) is 121 cm³/mol. The summed E-state index contributed by atoms with van der Waals surface area (Å²) < 4.78 is 0. The van der Waals surface area contributed by atoms with E-state index >= 15 is 0 Å². The Morgan fingerprint density at radius 2 is 1.34 bits per heavy atom. The Balaban J connectivity index is 1.72. The van der Waals surface area contributed by atoms with Gasteiger partial charge in [-0.2, -0.15) is 0 Å². The smallest absolute Gasteiger partial charge is 0.252 e. The second kappa shape index (κ2) is 9.35. The van der Waals surface area contributed by atoms with Crippen molar-refractivity contribution in [2.45, 2.75) is 37.8 Å². The summed E-state index contributed by atoms with van der Waals surface area (Å²) in [6.45, 7) is 0. The molecule has 0 unspecified atom stereocenters. The first kappa shape index (κ1) is 19.8. The summed E-state index contributed by atoms with van der Waals surface area (Å²) in [7, 11) is -0.857. The van der Waals surface area contributed by atoms with Gasteiger partial charge in [-0.1, -0.05) is 91.7 Å². The maximum Gasteiger partial charge on any atom is 0.252 e. The molecule has 4 rings (SSSR count). The SMILES string of the molecule is O=C(N[C@@H]1CCCC[C@H]1O)c1ccccc1P(c1ccccc1)c1ccccc1. The Bertz CT molecular complexity index is 906. The van der Waals surface area contributed by atoms with Gasteiger partial charge in [-0.05, 0) is 42.7 Å². The van der Waals surface area contributed by atoms with Gasteiger partial charge < -0.3 is 10.4 Å². The molecule has 1 aliphatic rings. The van der Waals surface area contributed by atoms with Crippen LogP contribution in [0.5, 0.6) is 0 Å². The molecule has 3 nitrogen and oxygen atoms in total. The first-order valence-corrected chi connectivity index (χ1v) is 11.6. The Labute approximate surface area is 173 Å². The molecule has 1 saturated carbocycles. The third-order valence-electron chi connectivity index (χ3n) is 5.46. The number of aliphatic hydroxyl groups is 1. The van der Waals surface area contributed by atoms with E-state index in [1.165, 1.54) is 10.6 Å². The topological polar surface area (TPSA) is 49.3 Å².